The number of anilines is 1. The van der Waals surface area contributed by atoms with Crippen LogP contribution in [-0.2, 0) is 0 Å². The third kappa shape index (κ3) is 5.56. The molecule has 1 aromatic carbocycles. The lowest BCUT2D eigenvalue weighted by molar-refractivity contribution is 0.178. The molecule has 1 aliphatic rings. The van der Waals surface area contributed by atoms with Crippen molar-refractivity contribution in [2.45, 2.75) is 25.7 Å². The molecule has 2 amide bonds. The van der Waals surface area contributed by atoms with Crippen molar-refractivity contribution in [2.75, 3.05) is 46.2 Å². The number of carbonyl (C=O) groups excluding carboxylic acids is 1. The van der Waals surface area contributed by atoms with Gasteiger partial charge in [-0.1, -0.05) is 11.6 Å². The van der Waals surface area contributed by atoms with E-state index >= 15 is 0 Å². The molecule has 134 valence electrons. The lowest BCUT2D eigenvalue weighted by Gasteiger charge is -2.32. The maximum absolute atomic E-state index is 12.4. The molecular formula is C18H28ClN3O2. The molecule has 0 radical (unpaired) electrons. The first-order valence-corrected chi connectivity index (χ1v) is 8.91. The molecule has 1 N–H and O–H groups in total. The summed E-state index contributed by atoms with van der Waals surface area (Å²) in [6.45, 7) is 2.76. The second kappa shape index (κ2) is 9.14. The van der Waals surface area contributed by atoms with E-state index in [1.165, 1.54) is 12.8 Å². The third-order valence-corrected chi connectivity index (χ3v) is 4.85. The molecule has 24 heavy (non-hydrogen) atoms. The van der Waals surface area contributed by atoms with Crippen molar-refractivity contribution in [1.29, 1.82) is 0 Å². The quantitative estimate of drug-likeness (QED) is 0.842. The van der Waals surface area contributed by atoms with Crippen LogP contribution < -0.4 is 10.1 Å². The summed E-state index contributed by atoms with van der Waals surface area (Å²) in [5.41, 5.74) is 0.621. The van der Waals surface area contributed by atoms with E-state index in [-0.39, 0.29) is 6.03 Å². The molecule has 2 rings (SSSR count). The summed E-state index contributed by atoms with van der Waals surface area (Å²) in [6.07, 6.45) is 4.64. The van der Waals surface area contributed by atoms with Crippen LogP contribution in [0.1, 0.15) is 25.7 Å². The van der Waals surface area contributed by atoms with E-state index in [1.807, 2.05) is 4.90 Å². The zero-order valence-electron chi connectivity index (χ0n) is 14.8. The van der Waals surface area contributed by atoms with Gasteiger partial charge in [-0.2, -0.15) is 0 Å². The van der Waals surface area contributed by atoms with Crippen LogP contribution in [0.4, 0.5) is 10.5 Å². The fourth-order valence-corrected chi connectivity index (χ4v) is 3.26. The highest BCUT2D eigenvalue weighted by Gasteiger charge is 2.23. The monoisotopic (exact) mass is 353 g/mol. The minimum absolute atomic E-state index is 0.0752. The molecule has 1 saturated heterocycles. The van der Waals surface area contributed by atoms with Gasteiger partial charge >= 0.3 is 6.03 Å². The van der Waals surface area contributed by atoms with E-state index in [0.717, 1.165) is 38.4 Å². The maximum atomic E-state index is 12.4. The van der Waals surface area contributed by atoms with Crippen molar-refractivity contribution in [1.82, 2.24) is 9.80 Å². The summed E-state index contributed by atoms with van der Waals surface area (Å²) < 4.78 is 5.12. The van der Waals surface area contributed by atoms with Crippen LogP contribution in [0.3, 0.4) is 0 Å². The normalized spacial score (nSPS) is 15.6. The summed E-state index contributed by atoms with van der Waals surface area (Å²) in [4.78, 5) is 16.5. The largest absolute Gasteiger partial charge is 0.497 e. The summed E-state index contributed by atoms with van der Waals surface area (Å²) in [7, 11) is 5.81. The Balaban J connectivity index is 1.78. The lowest BCUT2D eigenvalue weighted by Crippen LogP contribution is -2.41. The van der Waals surface area contributed by atoms with Crippen molar-refractivity contribution >= 4 is 23.3 Å². The first-order chi connectivity index (χ1) is 11.5. The van der Waals surface area contributed by atoms with Gasteiger partial charge in [0.15, 0.2) is 0 Å². The van der Waals surface area contributed by atoms with E-state index < -0.39 is 0 Å². The SMILES string of the molecule is COc1ccc(NC(=O)N2CCC(CCCN(C)C)CC2)c(Cl)c1. The Morgan fingerprint density at radius 1 is 1.38 bits per heavy atom. The summed E-state index contributed by atoms with van der Waals surface area (Å²) in [6, 6.07) is 5.19. The first-order valence-electron chi connectivity index (χ1n) is 8.53. The van der Waals surface area contributed by atoms with E-state index in [0.29, 0.717) is 16.5 Å². The maximum Gasteiger partial charge on any atom is 0.321 e. The predicted octanol–water partition coefficient (Wildman–Crippen LogP) is 3.93. The van der Waals surface area contributed by atoms with Crippen LogP contribution in [0.5, 0.6) is 5.75 Å². The van der Waals surface area contributed by atoms with Gasteiger partial charge in [0.25, 0.3) is 0 Å². The second-order valence-electron chi connectivity index (χ2n) is 6.65. The van der Waals surface area contributed by atoms with Gasteiger partial charge in [0.1, 0.15) is 5.75 Å². The van der Waals surface area contributed by atoms with Gasteiger partial charge in [-0.05, 0) is 64.4 Å². The molecule has 1 heterocycles. The van der Waals surface area contributed by atoms with Gasteiger partial charge in [-0.15, -0.1) is 0 Å². The predicted molar refractivity (Wildman–Crippen MR) is 99.1 cm³/mol. The van der Waals surface area contributed by atoms with Crippen molar-refractivity contribution in [2.24, 2.45) is 5.92 Å². The zero-order chi connectivity index (χ0) is 17.5. The Morgan fingerprint density at radius 3 is 2.67 bits per heavy atom. The van der Waals surface area contributed by atoms with Crippen molar-refractivity contribution in [3.05, 3.63) is 23.2 Å². The zero-order valence-corrected chi connectivity index (χ0v) is 15.6. The van der Waals surface area contributed by atoms with Crippen LogP contribution in [0.2, 0.25) is 5.02 Å². The number of urea groups is 1. The Kier molecular flexibility index (Phi) is 7.18. The number of nitrogens with zero attached hydrogens (tertiary/aromatic N) is 2. The fourth-order valence-electron chi connectivity index (χ4n) is 3.04. The number of hydrogen-bond acceptors (Lipinski definition) is 3. The van der Waals surface area contributed by atoms with Gasteiger partial charge in [0, 0.05) is 19.2 Å². The lowest BCUT2D eigenvalue weighted by atomic mass is 9.92. The van der Waals surface area contributed by atoms with Gasteiger partial charge in [-0.25, -0.2) is 4.79 Å². The number of benzene rings is 1. The molecule has 1 fully saturated rings. The number of nitrogens with one attached hydrogen (secondary N) is 1. The molecule has 0 spiro atoms. The number of ether oxygens (including phenoxy) is 1. The van der Waals surface area contributed by atoms with Crippen molar-refractivity contribution in [3.8, 4) is 5.75 Å². The van der Waals surface area contributed by atoms with E-state index in [1.54, 1.807) is 25.3 Å². The van der Waals surface area contributed by atoms with Crippen molar-refractivity contribution < 1.29 is 9.53 Å². The average molecular weight is 354 g/mol. The Labute approximate surface area is 149 Å². The van der Waals surface area contributed by atoms with Crippen LogP contribution in [0, 0.1) is 5.92 Å². The summed E-state index contributed by atoms with van der Waals surface area (Å²) in [5, 5.41) is 3.38. The highest BCUT2D eigenvalue weighted by molar-refractivity contribution is 6.33. The van der Waals surface area contributed by atoms with E-state index in [9.17, 15) is 4.79 Å². The number of amides is 2. The van der Waals surface area contributed by atoms with Gasteiger partial charge in [0.05, 0.1) is 17.8 Å². The number of methoxy groups -OCH3 is 1. The Hall–Kier alpha value is -1.46. The smallest absolute Gasteiger partial charge is 0.321 e. The molecule has 1 aliphatic heterocycles. The van der Waals surface area contributed by atoms with Crippen molar-refractivity contribution in [3.63, 3.8) is 0 Å². The molecule has 5 nitrogen and oxygen atoms in total. The molecule has 6 heteroatoms. The van der Waals surface area contributed by atoms with Crippen LogP contribution >= 0.6 is 11.6 Å². The van der Waals surface area contributed by atoms with Gasteiger partial charge in [0.2, 0.25) is 0 Å². The molecule has 1 aromatic rings. The third-order valence-electron chi connectivity index (χ3n) is 4.54. The molecule has 0 bridgehead atoms. The highest BCUT2D eigenvalue weighted by atomic mass is 35.5. The summed E-state index contributed by atoms with van der Waals surface area (Å²) >= 11 is 6.18. The highest BCUT2D eigenvalue weighted by Crippen LogP contribution is 2.28. The number of rotatable bonds is 6. The average Bonchev–Trinajstić information content (AvgIpc) is 2.57. The molecule has 0 atom stereocenters. The minimum Gasteiger partial charge on any atom is -0.497 e. The molecule has 0 unspecified atom stereocenters. The van der Waals surface area contributed by atoms with Gasteiger partial charge < -0.3 is 19.9 Å². The molecular weight excluding hydrogens is 326 g/mol. The first kappa shape index (κ1) is 18.9. The number of carbonyl (C=O) groups is 1. The second-order valence-corrected chi connectivity index (χ2v) is 7.06. The van der Waals surface area contributed by atoms with Crippen LogP contribution in [0.15, 0.2) is 18.2 Å². The number of piperidine rings is 1. The molecule has 0 aromatic heterocycles. The fraction of sp³-hybridized carbons (Fsp3) is 0.611. The molecule has 0 saturated carbocycles. The summed E-state index contributed by atoms with van der Waals surface area (Å²) in [5.74, 6) is 1.41. The molecule has 0 aliphatic carbocycles. The minimum atomic E-state index is -0.0752. The number of halogens is 1. The van der Waals surface area contributed by atoms with Gasteiger partial charge in [-0.3, -0.25) is 0 Å². The topological polar surface area (TPSA) is 44.8 Å². The Morgan fingerprint density at radius 2 is 2.08 bits per heavy atom. The van der Waals surface area contributed by atoms with E-state index in [4.69, 9.17) is 16.3 Å². The number of hydrogen-bond donors (Lipinski definition) is 1. The van der Waals surface area contributed by atoms with E-state index in [2.05, 4.69) is 24.3 Å². The van der Waals surface area contributed by atoms with Crippen LogP contribution in [0.25, 0.3) is 0 Å². The standard InChI is InChI=1S/C18H28ClN3O2/c1-21(2)10-4-5-14-8-11-22(12-9-14)18(23)20-17-7-6-15(24-3)13-16(17)19/h6-7,13-14H,4-5,8-12H2,1-3H3,(H,20,23). The van der Waals surface area contributed by atoms with Crippen LogP contribution in [-0.4, -0.2) is 56.7 Å². The number of likely N-dealkylation sites (tertiary alicyclic amines) is 1. The Bertz CT molecular complexity index is 543.